The number of likely N-dealkylation sites (tertiary alicyclic amines) is 1. The van der Waals surface area contributed by atoms with Crippen LogP contribution in [0.15, 0.2) is 41.2 Å². The second-order valence-electron chi connectivity index (χ2n) is 13.6. The first kappa shape index (κ1) is 40.1. The SMILES string of the molecule is COC1CN(CCn2c(C(F)(F)F)ccc(C(=O)N[C@@H](CC(C)C)C(=O)N[C@@H](CC(=O)O)c3cc(-c4c(C)cc(F)cc4C)cc(C)c3F)c2=O)C1. The number of aryl methyl sites for hydroxylation is 3. The molecule has 0 unspecified atom stereocenters. The fraction of sp³-hybridized carbons (Fsp3) is 0.459. The summed E-state index contributed by atoms with van der Waals surface area (Å²) in [5, 5.41) is 14.7. The molecule has 15 heteroatoms. The molecular weight excluding hydrogens is 691 g/mol. The molecule has 1 saturated heterocycles. The van der Waals surface area contributed by atoms with Crippen molar-refractivity contribution in [1.82, 2.24) is 20.1 Å². The zero-order valence-electron chi connectivity index (χ0n) is 29.8. The standard InChI is InChI=1S/C37H43F5N4O6/c1-19(2)11-29(44-34(49)26-7-8-30(37(40,41)42)46(36(26)51)10-9-45-17-25(18-45)52-6)35(50)43-28(16-31(47)48)27-15-23(12-22(5)33(27)39)32-20(3)13-24(38)14-21(32)4/h7-8,12-15,19,25,28-29H,9-11,16-18H2,1-6H3,(H,43,50)(H,44,49)(H,47,48)/t28-,29-/m0/s1. The topological polar surface area (TPSA) is 130 Å². The van der Waals surface area contributed by atoms with Gasteiger partial charge in [0.05, 0.1) is 18.6 Å². The van der Waals surface area contributed by atoms with Gasteiger partial charge in [-0.15, -0.1) is 0 Å². The zero-order chi connectivity index (χ0) is 38.7. The number of carbonyl (C=O) groups excluding carboxylic acids is 2. The largest absolute Gasteiger partial charge is 0.481 e. The molecule has 1 aromatic heterocycles. The van der Waals surface area contributed by atoms with Gasteiger partial charge in [0.15, 0.2) is 0 Å². The highest BCUT2D eigenvalue weighted by Gasteiger charge is 2.37. The molecule has 1 fully saturated rings. The molecule has 1 aliphatic heterocycles. The highest BCUT2D eigenvalue weighted by molar-refractivity contribution is 5.97. The van der Waals surface area contributed by atoms with Gasteiger partial charge in [0.1, 0.15) is 28.9 Å². The molecule has 10 nitrogen and oxygen atoms in total. The van der Waals surface area contributed by atoms with E-state index in [0.717, 1.165) is 6.07 Å². The van der Waals surface area contributed by atoms with Crippen molar-refractivity contribution in [2.45, 2.75) is 78.4 Å². The van der Waals surface area contributed by atoms with Crippen LogP contribution < -0.4 is 16.2 Å². The Morgan fingerprint density at radius 3 is 2.15 bits per heavy atom. The smallest absolute Gasteiger partial charge is 0.431 e. The summed E-state index contributed by atoms with van der Waals surface area (Å²) in [6.45, 7) is 8.96. The van der Waals surface area contributed by atoms with Crippen LogP contribution in [0.3, 0.4) is 0 Å². The van der Waals surface area contributed by atoms with Gasteiger partial charge in [-0.05, 0) is 97.3 Å². The number of aliphatic carboxylic acids is 1. The zero-order valence-corrected chi connectivity index (χ0v) is 29.8. The summed E-state index contributed by atoms with van der Waals surface area (Å²) < 4.78 is 77.2. The van der Waals surface area contributed by atoms with E-state index in [-0.39, 0.29) is 42.7 Å². The van der Waals surface area contributed by atoms with E-state index in [1.165, 1.54) is 38.3 Å². The summed E-state index contributed by atoms with van der Waals surface area (Å²) in [6, 6.07) is 4.11. The van der Waals surface area contributed by atoms with Crippen molar-refractivity contribution in [2.24, 2.45) is 5.92 Å². The molecule has 0 radical (unpaired) electrons. The fourth-order valence-electron chi connectivity index (χ4n) is 6.50. The number of hydrogen-bond donors (Lipinski definition) is 3. The minimum Gasteiger partial charge on any atom is -0.481 e. The molecule has 3 N–H and O–H groups in total. The average Bonchev–Trinajstić information content (AvgIpc) is 3.00. The Morgan fingerprint density at radius 2 is 1.60 bits per heavy atom. The summed E-state index contributed by atoms with van der Waals surface area (Å²) in [7, 11) is 1.52. The summed E-state index contributed by atoms with van der Waals surface area (Å²) in [5.74, 6) is -4.86. The van der Waals surface area contributed by atoms with Gasteiger partial charge >= 0.3 is 12.1 Å². The number of carboxylic acids is 1. The monoisotopic (exact) mass is 734 g/mol. The lowest BCUT2D eigenvalue weighted by molar-refractivity contribution is -0.144. The lowest BCUT2D eigenvalue weighted by Gasteiger charge is -2.38. The predicted molar refractivity (Wildman–Crippen MR) is 183 cm³/mol. The molecule has 0 spiro atoms. The molecule has 0 aliphatic carbocycles. The molecule has 2 atom stereocenters. The van der Waals surface area contributed by atoms with Crippen LogP contribution in [0.5, 0.6) is 0 Å². The van der Waals surface area contributed by atoms with E-state index in [9.17, 15) is 41.8 Å². The highest BCUT2D eigenvalue weighted by Crippen LogP contribution is 2.34. The number of nitrogens with one attached hydrogen (secondary N) is 2. The molecule has 4 rings (SSSR count). The number of pyridine rings is 1. The van der Waals surface area contributed by atoms with Crippen LogP contribution in [0.1, 0.15) is 71.0 Å². The van der Waals surface area contributed by atoms with Crippen LogP contribution in [0.2, 0.25) is 0 Å². The number of alkyl halides is 3. The van der Waals surface area contributed by atoms with Crippen molar-refractivity contribution in [1.29, 1.82) is 0 Å². The molecule has 0 saturated carbocycles. The lowest BCUT2D eigenvalue weighted by atomic mass is 9.90. The van der Waals surface area contributed by atoms with Crippen molar-refractivity contribution < 1.29 is 46.2 Å². The van der Waals surface area contributed by atoms with E-state index in [0.29, 0.717) is 46.0 Å². The number of methoxy groups -OCH3 is 1. The maximum atomic E-state index is 15.7. The number of ether oxygens (including phenoxy) is 1. The van der Waals surface area contributed by atoms with Crippen LogP contribution in [0.25, 0.3) is 11.1 Å². The number of halogens is 5. The lowest BCUT2D eigenvalue weighted by Crippen LogP contribution is -2.53. The number of carbonyl (C=O) groups is 3. The first-order valence-electron chi connectivity index (χ1n) is 16.8. The second-order valence-corrected chi connectivity index (χ2v) is 13.6. The van der Waals surface area contributed by atoms with E-state index < -0.39 is 70.9 Å². The molecule has 52 heavy (non-hydrogen) atoms. The van der Waals surface area contributed by atoms with Gasteiger partial charge in [-0.3, -0.25) is 24.1 Å². The number of benzene rings is 2. The van der Waals surface area contributed by atoms with Gasteiger partial charge in [-0.1, -0.05) is 13.8 Å². The Hall–Kier alpha value is -4.63. The number of aromatic nitrogens is 1. The summed E-state index contributed by atoms with van der Waals surface area (Å²) >= 11 is 0. The molecule has 0 bridgehead atoms. The van der Waals surface area contributed by atoms with E-state index in [1.807, 2.05) is 0 Å². The third-order valence-corrected chi connectivity index (χ3v) is 9.07. The molecule has 2 amide bonds. The van der Waals surface area contributed by atoms with Crippen molar-refractivity contribution >= 4 is 17.8 Å². The fourth-order valence-corrected chi connectivity index (χ4v) is 6.50. The van der Waals surface area contributed by atoms with Crippen LogP contribution in [0, 0.1) is 38.3 Å². The Balaban J connectivity index is 1.65. The van der Waals surface area contributed by atoms with E-state index in [2.05, 4.69) is 10.6 Å². The van der Waals surface area contributed by atoms with Gasteiger partial charge in [0.2, 0.25) is 5.91 Å². The molecule has 3 aromatic rings. The van der Waals surface area contributed by atoms with Crippen molar-refractivity contribution in [2.75, 3.05) is 26.7 Å². The Labute approximate surface area is 298 Å². The second kappa shape index (κ2) is 16.4. The molecule has 1 aliphatic rings. The van der Waals surface area contributed by atoms with Crippen LogP contribution in [0.4, 0.5) is 22.0 Å². The van der Waals surface area contributed by atoms with Crippen LogP contribution in [-0.2, 0) is 27.0 Å². The molecule has 2 aromatic carbocycles. The van der Waals surface area contributed by atoms with Gasteiger partial charge in [0.25, 0.3) is 11.5 Å². The summed E-state index contributed by atoms with van der Waals surface area (Å²) in [6.07, 6.45) is -5.72. The number of carboxylic acid groups (broad SMARTS) is 1. The van der Waals surface area contributed by atoms with Gasteiger partial charge in [0, 0.05) is 38.9 Å². The van der Waals surface area contributed by atoms with E-state index in [4.69, 9.17) is 4.74 Å². The van der Waals surface area contributed by atoms with Crippen molar-refractivity contribution in [3.8, 4) is 11.1 Å². The van der Waals surface area contributed by atoms with Crippen LogP contribution in [-0.4, -0.2) is 71.2 Å². The van der Waals surface area contributed by atoms with Gasteiger partial charge < -0.3 is 25.0 Å². The normalized spacial score (nSPS) is 14.9. The third kappa shape index (κ3) is 9.42. The Kier molecular flexibility index (Phi) is 12.6. The summed E-state index contributed by atoms with van der Waals surface area (Å²) in [4.78, 5) is 54.4. The minimum absolute atomic E-state index is 0.0165. The number of hydrogen-bond acceptors (Lipinski definition) is 6. The Bertz CT molecular complexity index is 1860. The molecular formula is C37H43F5N4O6. The highest BCUT2D eigenvalue weighted by atomic mass is 19.4. The quantitative estimate of drug-likeness (QED) is 0.186. The van der Waals surface area contributed by atoms with Gasteiger partial charge in [-0.25, -0.2) is 8.78 Å². The van der Waals surface area contributed by atoms with Gasteiger partial charge in [-0.2, -0.15) is 13.2 Å². The average molecular weight is 735 g/mol. The predicted octanol–water partition coefficient (Wildman–Crippen LogP) is 5.54. The molecule has 2 heterocycles. The first-order chi connectivity index (χ1) is 24.3. The summed E-state index contributed by atoms with van der Waals surface area (Å²) in [5.41, 5.74) is -0.929. The van der Waals surface area contributed by atoms with E-state index >= 15 is 4.39 Å². The van der Waals surface area contributed by atoms with E-state index in [1.54, 1.807) is 32.6 Å². The van der Waals surface area contributed by atoms with Crippen molar-refractivity contribution in [3.05, 3.63) is 91.9 Å². The molecule has 282 valence electrons. The Morgan fingerprint density at radius 1 is 0.962 bits per heavy atom. The van der Waals surface area contributed by atoms with Crippen LogP contribution >= 0.6 is 0 Å². The maximum absolute atomic E-state index is 15.7. The number of rotatable bonds is 14. The minimum atomic E-state index is -4.89. The maximum Gasteiger partial charge on any atom is 0.431 e. The number of nitrogens with zero attached hydrogens (tertiary/aromatic N) is 2. The number of amides is 2. The first-order valence-corrected chi connectivity index (χ1v) is 16.8. The van der Waals surface area contributed by atoms with Crippen molar-refractivity contribution in [3.63, 3.8) is 0 Å². The third-order valence-electron chi connectivity index (χ3n) is 9.07.